The molecule has 2 atom stereocenters. The van der Waals surface area contributed by atoms with Gasteiger partial charge in [-0.1, -0.05) is 42.5 Å². The third-order valence-corrected chi connectivity index (χ3v) is 7.00. The van der Waals surface area contributed by atoms with Crippen LogP contribution in [0.2, 0.25) is 0 Å². The van der Waals surface area contributed by atoms with Crippen LogP contribution in [-0.4, -0.2) is 31.4 Å². The molecule has 0 N–H and O–H groups in total. The molecule has 1 fully saturated rings. The predicted octanol–water partition coefficient (Wildman–Crippen LogP) is 3.91. The van der Waals surface area contributed by atoms with Gasteiger partial charge in [0.15, 0.2) is 6.10 Å². The number of carbonyl (C=O) groups excluding carboxylic acids is 1. The topological polar surface area (TPSA) is 72.9 Å². The Morgan fingerprint density at radius 3 is 2.29 bits per heavy atom. The molecule has 3 aliphatic heterocycles. The van der Waals surface area contributed by atoms with Crippen LogP contribution in [0.15, 0.2) is 83.8 Å². The van der Waals surface area contributed by atoms with Gasteiger partial charge in [0.2, 0.25) is 0 Å². The van der Waals surface area contributed by atoms with Crippen molar-refractivity contribution < 1.29 is 22.1 Å². The number of para-hydroxylation sites is 1. The molecule has 0 radical (unpaired) electrons. The molecule has 0 aromatic heterocycles. The summed E-state index contributed by atoms with van der Waals surface area (Å²) in [5.74, 6) is 1.17. The molecule has 0 spiro atoms. The van der Waals surface area contributed by atoms with E-state index in [-0.39, 0.29) is 16.8 Å². The van der Waals surface area contributed by atoms with Crippen molar-refractivity contribution in [2.75, 3.05) is 0 Å². The maximum atomic E-state index is 13.0. The molecule has 7 heteroatoms. The van der Waals surface area contributed by atoms with Gasteiger partial charge in [-0.2, -0.15) is 8.42 Å². The normalized spacial score (nSPS) is 21.8. The highest BCUT2D eigenvalue weighted by Gasteiger charge is 2.43. The number of likely N-dealkylation sites (tertiary alicyclic amines) is 1. The molecule has 31 heavy (non-hydrogen) atoms. The van der Waals surface area contributed by atoms with Gasteiger partial charge in [0.25, 0.3) is 16.0 Å². The lowest BCUT2D eigenvalue weighted by Crippen LogP contribution is -2.35. The van der Waals surface area contributed by atoms with Crippen molar-refractivity contribution in [3.05, 3.63) is 90.0 Å². The maximum absolute atomic E-state index is 13.0. The van der Waals surface area contributed by atoms with Crippen molar-refractivity contribution in [1.82, 2.24) is 4.90 Å². The highest BCUT2D eigenvalue weighted by atomic mass is 32.2. The molecule has 2 unspecified atom stereocenters. The highest BCUT2D eigenvalue weighted by Crippen LogP contribution is 2.31. The van der Waals surface area contributed by atoms with Gasteiger partial charge in [-0.3, -0.25) is 8.98 Å². The largest absolute Gasteiger partial charge is 0.457 e. The number of nitrogens with zero attached hydrogens (tertiary/aromatic N) is 1. The Hall–Kier alpha value is -3.16. The van der Waals surface area contributed by atoms with Gasteiger partial charge in [0, 0.05) is 19.0 Å². The molecule has 1 saturated heterocycles. The van der Waals surface area contributed by atoms with Crippen molar-refractivity contribution in [2.45, 2.75) is 36.4 Å². The van der Waals surface area contributed by atoms with Gasteiger partial charge in [-0.25, -0.2) is 0 Å². The van der Waals surface area contributed by atoms with E-state index in [4.69, 9.17) is 8.92 Å². The summed E-state index contributed by atoms with van der Waals surface area (Å²) in [5.41, 5.74) is 1.93. The smallest absolute Gasteiger partial charge is 0.297 e. The van der Waals surface area contributed by atoms with E-state index in [2.05, 4.69) is 0 Å². The van der Waals surface area contributed by atoms with E-state index in [1.807, 2.05) is 54.6 Å². The first-order chi connectivity index (χ1) is 15.0. The lowest BCUT2D eigenvalue weighted by molar-refractivity contribution is -0.134. The number of ether oxygens (including phenoxy) is 1. The van der Waals surface area contributed by atoms with E-state index >= 15 is 0 Å². The summed E-state index contributed by atoms with van der Waals surface area (Å²) in [6.45, 7) is 0.381. The van der Waals surface area contributed by atoms with E-state index in [0.717, 1.165) is 16.9 Å². The zero-order valence-electron chi connectivity index (χ0n) is 16.7. The minimum Gasteiger partial charge on any atom is -0.457 e. The van der Waals surface area contributed by atoms with Gasteiger partial charge >= 0.3 is 0 Å². The zero-order chi connectivity index (χ0) is 21.4. The van der Waals surface area contributed by atoms with Crippen LogP contribution in [-0.2, 0) is 32.1 Å². The number of rotatable bonds is 4. The van der Waals surface area contributed by atoms with Crippen molar-refractivity contribution in [2.24, 2.45) is 0 Å². The Morgan fingerprint density at radius 1 is 0.903 bits per heavy atom. The predicted molar refractivity (Wildman–Crippen MR) is 114 cm³/mol. The van der Waals surface area contributed by atoms with Gasteiger partial charge in [-0.15, -0.1) is 0 Å². The second-order valence-electron chi connectivity index (χ2n) is 7.80. The molecular weight excluding hydrogens is 414 g/mol. The Kier molecular flexibility index (Phi) is 5.00. The van der Waals surface area contributed by atoms with Crippen molar-refractivity contribution in [3.8, 4) is 11.5 Å². The SMILES string of the molecule is O=C1C2CC(Cc3ccc(cc3)S(=O)(=O)O2)N1Cc1ccc(Oc2ccccc2)cc1. The quantitative estimate of drug-likeness (QED) is 0.581. The fourth-order valence-electron chi connectivity index (χ4n) is 4.08. The molecule has 3 aliphatic rings. The summed E-state index contributed by atoms with van der Waals surface area (Å²) in [5, 5.41) is 0. The summed E-state index contributed by atoms with van der Waals surface area (Å²) in [7, 11) is -3.97. The summed E-state index contributed by atoms with van der Waals surface area (Å²) < 4.78 is 36.1. The third-order valence-electron chi connectivity index (χ3n) is 5.67. The lowest BCUT2D eigenvalue weighted by Gasteiger charge is -2.25. The van der Waals surface area contributed by atoms with Gasteiger partial charge in [0.05, 0.1) is 4.90 Å². The first-order valence-corrected chi connectivity index (χ1v) is 11.5. The Morgan fingerprint density at radius 2 is 1.58 bits per heavy atom. The molecule has 3 aromatic rings. The van der Waals surface area contributed by atoms with E-state index < -0.39 is 16.2 Å². The average molecular weight is 436 g/mol. The summed E-state index contributed by atoms with van der Waals surface area (Å²) in [4.78, 5) is 14.8. The minimum atomic E-state index is -3.97. The van der Waals surface area contributed by atoms with Gasteiger partial charge in [-0.05, 0) is 53.9 Å². The van der Waals surface area contributed by atoms with Crippen LogP contribution in [0.1, 0.15) is 17.5 Å². The monoisotopic (exact) mass is 435 g/mol. The Labute approximate surface area is 181 Å². The van der Waals surface area contributed by atoms with Crippen LogP contribution in [0, 0.1) is 0 Å². The first kappa shape index (κ1) is 19.8. The Balaban J connectivity index is 1.36. The number of benzene rings is 3. The third kappa shape index (κ3) is 4.06. The lowest BCUT2D eigenvalue weighted by atomic mass is 10.0. The molecule has 0 saturated carbocycles. The molecule has 3 heterocycles. The number of amides is 1. The molecule has 0 aliphatic carbocycles. The molecule has 6 nitrogen and oxygen atoms in total. The molecular formula is C24H21NO5S. The second kappa shape index (κ2) is 7.83. The van der Waals surface area contributed by atoms with Crippen LogP contribution in [0.25, 0.3) is 0 Å². The molecule has 6 rings (SSSR count). The zero-order valence-corrected chi connectivity index (χ0v) is 17.5. The van der Waals surface area contributed by atoms with Crippen molar-refractivity contribution in [1.29, 1.82) is 0 Å². The number of hydrogen-bond acceptors (Lipinski definition) is 5. The number of fused-ring (bicyclic) bond motifs is 3. The number of carbonyl (C=O) groups is 1. The van der Waals surface area contributed by atoms with Crippen LogP contribution in [0.3, 0.4) is 0 Å². The summed E-state index contributed by atoms with van der Waals surface area (Å²) in [6.07, 6.45) is 0.0253. The average Bonchev–Trinajstić information content (AvgIpc) is 3.03. The minimum absolute atomic E-state index is 0.0787. The van der Waals surface area contributed by atoms with Crippen LogP contribution in [0.5, 0.6) is 11.5 Å². The maximum Gasteiger partial charge on any atom is 0.297 e. The van der Waals surface area contributed by atoms with Gasteiger partial charge in [0.1, 0.15) is 11.5 Å². The van der Waals surface area contributed by atoms with Crippen molar-refractivity contribution in [3.63, 3.8) is 0 Å². The van der Waals surface area contributed by atoms with Crippen LogP contribution >= 0.6 is 0 Å². The summed E-state index contributed by atoms with van der Waals surface area (Å²) in [6, 6.07) is 23.6. The highest BCUT2D eigenvalue weighted by molar-refractivity contribution is 7.86. The molecule has 1 amide bonds. The van der Waals surface area contributed by atoms with E-state index in [1.165, 1.54) is 12.1 Å². The van der Waals surface area contributed by atoms with E-state index in [9.17, 15) is 13.2 Å². The van der Waals surface area contributed by atoms with Crippen LogP contribution < -0.4 is 4.74 Å². The summed E-state index contributed by atoms with van der Waals surface area (Å²) >= 11 is 0. The van der Waals surface area contributed by atoms with E-state index in [0.29, 0.717) is 25.1 Å². The number of hydrogen-bond donors (Lipinski definition) is 0. The Bertz CT molecular complexity index is 1190. The fourth-order valence-corrected chi connectivity index (χ4v) is 5.13. The molecule has 158 valence electrons. The fraction of sp³-hybridized carbons (Fsp3) is 0.208. The molecule has 4 bridgehead atoms. The first-order valence-electron chi connectivity index (χ1n) is 10.1. The second-order valence-corrected chi connectivity index (χ2v) is 9.37. The molecule has 3 aromatic carbocycles. The van der Waals surface area contributed by atoms with Crippen LogP contribution in [0.4, 0.5) is 0 Å². The van der Waals surface area contributed by atoms with Gasteiger partial charge < -0.3 is 9.64 Å². The van der Waals surface area contributed by atoms with E-state index in [1.54, 1.807) is 17.0 Å². The van der Waals surface area contributed by atoms with Crippen molar-refractivity contribution >= 4 is 16.0 Å². The standard InChI is InChI=1S/C24H21NO5S/c26-24-23-15-19(14-17-8-12-22(13-9-17)31(27,28)30-23)25(24)16-18-6-10-21(11-7-18)29-20-4-2-1-3-5-20/h1-13,19,23H,14-16H2.